The first-order valence-electron chi connectivity index (χ1n) is 11.9. The minimum absolute atomic E-state index is 0.00245. The zero-order valence-corrected chi connectivity index (χ0v) is 20.5. The smallest absolute Gasteiger partial charge is 0.309 e. The molecule has 11 nitrogen and oxygen atoms in total. The number of esters is 1. The molecule has 11 heteroatoms. The Morgan fingerprint density at radius 1 is 0.892 bits per heavy atom. The Balaban J connectivity index is 1.46. The van der Waals surface area contributed by atoms with E-state index in [1.54, 1.807) is 36.4 Å². The van der Waals surface area contributed by atoms with Crippen molar-refractivity contribution in [1.82, 2.24) is 0 Å². The first-order valence-corrected chi connectivity index (χ1v) is 11.9. The summed E-state index contributed by atoms with van der Waals surface area (Å²) in [7, 11) is 2.91. The Bertz CT molecular complexity index is 1090. The van der Waals surface area contributed by atoms with E-state index in [-0.39, 0.29) is 30.0 Å². The van der Waals surface area contributed by atoms with Crippen LogP contribution in [0, 0.1) is 11.8 Å². The van der Waals surface area contributed by atoms with Gasteiger partial charge in [-0.1, -0.05) is 12.1 Å². The average Bonchev–Trinajstić information content (AvgIpc) is 3.23. The van der Waals surface area contributed by atoms with Gasteiger partial charge in [0.15, 0.2) is 23.0 Å². The highest BCUT2D eigenvalue weighted by Crippen LogP contribution is 2.36. The lowest BCUT2D eigenvalue weighted by Crippen LogP contribution is -2.60. The largest absolute Gasteiger partial charge is 0.504 e. The summed E-state index contributed by atoms with van der Waals surface area (Å²) in [5, 5.41) is 49.7. The normalized spacial score (nSPS) is 29.6. The van der Waals surface area contributed by atoms with Crippen LogP contribution in [0.2, 0.25) is 0 Å². The van der Waals surface area contributed by atoms with Crippen molar-refractivity contribution in [1.29, 1.82) is 0 Å². The van der Waals surface area contributed by atoms with Gasteiger partial charge in [0.2, 0.25) is 6.29 Å². The van der Waals surface area contributed by atoms with Crippen molar-refractivity contribution in [3.05, 3.63) is 47.5 Å². The second-order valence-electron chi connectivity index (χ2n) is 9.21. The Hall–Kier alpha value is -3.09. The first-order chi connectivity index (χ1) is 17.7. The number of cyclic esters (lactones) is 1. The number of ether oxygens (including phenoxy) is 5. The van der Waals surface area contributed by atoms with Gasteiger partial charge in [-0.2, -0.15) is 0 Å². The van der Waals surface area contributed by atoms with Gasteiger partial charge >= 0.3 is 5.97 Å². The molecule has 2 aliphatic rings. The number of benzene rings is 2. The van der Waals surface area contributed by atoms with Crippen LogP contribution in [0.1, 0.15) is 11.1 Å². The number of carbonyl (C=O) groups excluding carboxylic acids is 1. The molecule has 2 fully saturated rings. The van der Waals surface area contributed by atoms with E-state index in [4.69, 9.17) is 23.7 Å². The van der Waals surface area contributed by atoms with Crippen LogP contribution in [0.15, 0.2) is 36.4 Å². The molecule has 7 unspecified atom stereocenters. The van der Waals surface area contributed by atoms with Gasteiger partial charge in [-0.05, 0) is 48.2 Å². The fourth-order valence-electron chi connectivity index (χ4n) is 4.70. The molecular formula is C26H32O11. The highest BCUT2D eigenvalue weighted by atomic mass is 16.7. The van der Waals surface area contributed by atoms with Crippen molar-refractivity contribution < 1.29 is 54.0 Å². The second kappa shape index (κ2) is 11.5. The topological polar surface area (TPSA) is 164 Å². The number of hydrogen-bond donors (Lipinski definition) is 5. The molecule has 2 aromatic rings. The number of rotatable bonds is 9. The van der Waals surface area contributed by atoms with Gasteiger partial charge in [0.25, 0.3) is 0 Å². The van der Waals surface area contributed by atoms with Crippen LogP contribution in [0.25, 0.3) is 0 Å². The Morgan fingerprint density at radius 2 is 1.57 bits per heavy atom. The third-order valence-corrected chi connectivity index (χ3v) is 6.83. The van der Waals surface area contributed by atoms with Crippen LogP contribution in [0.5, 0.6) is 23.0 Å². The molecule has 7 atom stereocenters. The van der Waals surface area contributed by atoms with Crippen LogP contribution >= 0.6 is 0 Å². The van der Waals surface area contributed by atoms with E-state index in [2.05, 4.69) is 0 Å². The van der Waals surface area contributed by atoms with E-state index in [1.165, 1.54) is 14.2 Å². The maximum absolute atomic E-state index is 12.5. The van der Waals surface area contributed by atoms with Crippen molar-refractivity contribution in [3.8, 4) is 23.0 Å². The lowest BCUT2D eigenvalue weighted by Gasteiger charge is -2.39. The van der Waals surface area contributed by atoms with Crippen molar-refractivity contribution in [2.75, 3.05) is 27.4 Å². The zero-order valence-electron chi connectivity index (χ0n) is 20.5. The van der Waals surface area contributed by atoms with Gasteiger partial charge in [0, 0.05) is 5.92 Å². The van der Waals surface area contributed by atoms with Crippen LogP contribution in [-0.4, -0.2) is 89.6 Å². The van der Waals surface area contributed by atoms with Gasteiger partial charge in [-0.15, -0.1) is 0 Å². The Morgan fingerprint density at radius 3 is 2.22 bits per heavy atom. The molecule has 0 spiro atoms. The fraction of sp³-hybridized carbons (Fsp3) is 0.500. The standard InChI is InChI=1S/C26H32O11/c1-33-18-5-3-14(9-17(18)28)8-16-15(12-35-25(16)32)7-13-4-6-19(20(10-13)34-2)36-26-24(31)23(30)22(29)21(11-27)37-26/h3-6,9-10,15-16,21-24,26-31H,7-8,11-12H2,1-2H3. The molecule has 0 aliphatic carbocycles. The monoisotopic (exact) mass is 520 g/mol. The maximum atomic E-state index is 12.5. The molecule has 2 saturated heterocycles. The summed E-state index contributed by atoms with van der Waals surface area (Å²) in [6.45, 7) is -0.308. The number of aliphatic hydroxyl groups is 4. The van der Waals surface area contributed by atoms with Crippen LogP contribution in [0.3, 0.4) is 0 Å². The van der Waals surface area contributed by atoms with E-state index in [1.807, 2.05) is 0 Å². The summed E-state index contributed by atoms with van der Waals surface area (Å²) in [4.78, 5) is 12.5. The van der Waals surface area contributed by atoms with Crippen LogP contribution in [0.4, 0.5) is 0 Å². The second-order valence-corrected chi connectivity index (χ2v) is 9.21. The van der Waals surface area contributed by atoms with Crippen LogP contribution < -0.4 is 14.2 Å². The average molecular weight is 521 g/mol. The Kier molecular flexibility index (Phi) is 8.40. The van der Waals surface area contributed by atoms with E-state index in [0.29, 0.717) is 24.3 Å². The number of aliphatic hydroxyl groups excluding tert-OH is 4. The number of methoxy groups -OCH3 is 2. The van der Waals surface area contributed by atoms with E-state index in [9.17, 15) is 30.3 Å². The predicted molar refractivity (Wildman–Crippen MR) is 127 cm³/mol. The number of phenols is 1. The fourth-order valence-corrected chi connectivity index (χ4v) is 4.70. The summed E-state index contributed by atoms with van der Waals surface area (Å²) >= 11 is 0. The van der Waals surface area contributed by atoms with Gasteiger partial charge < -0.3 is 49.2 Å². The lowest BCUT2D eigenvalue weighted by atomic mass is 9.85. The molecular weight excluding hydrogens is 488 g/mol. The summed E-state index contributed by atoms with van der Waals surface area (Å²) in [6, 6.07) is 10.2. The molecule has 2 heterocycles. The lowest BCUT2D eigenvalue weighted by molar-refractivity contribution is -0.277. The van der Waals surface area contributed by atoms with Crippen molar-refractivity contribution >= 4 is 5.97 Å². The maximum Gasteiger partial charge on any atom is 0.309 e. The van der Waals surface area contributed by atoms with Gasteiger partial charge in [-0.25, -0.2) is 0 Å². The van der Waals surface area contributed by atoms with Gasteiger partial charge in [0.1, 0.15) is 24.4 Å². The SMILES string of the molecule is COc1ccc(CC2C(=O)OCC2Cc2ccc(OC3OC(CO)C(O)C(O)C3O)c(OC)c2)cc1O. The van der Waals surface area contributed by atoms with Crippen molar-refractivity contribution in [3.63, 3.8) is 0 Å². The Labute approximate surface area is 213 Å². The summed E-state index contributed by atoms with van der Waals surface area (Å²) < 4.78 is 27.0. The van der Waals surface area contributed by atoms with Crippen molar-refractivity contribution in [2.24, 2.45) is 11.8 Å². The molecule has 0 bridgehead atoms. The summed E-state index contributed by atoms with van der Waals surface area (Å²) in [6.07, 6.45) is -6.14. The quantitative estimate of drug-likeness (QED) is 0.286. The molecule has 202 valence electrons. The molecule has 37 heavy (non-hydrogen) atoms. The minimum atomic E-state index is -1.56. The van der Waals surface area contributed by atoms with Crippen LogP contribution in [-0.2, 0) is 27.1 Å². The number of aromatic hydroxyl groups is 1. The summed E-state index contributed by atoms with van der Waals surface area (Å²) in [5.74, 6) is 0.100. The molecule has 0 aromatic heterocycles. The molecule has 0 saturated carbocycles. The molecule has 5 N–H and O–H groups in total. The third kappa shape index (κ3) is 5.76. The summed E-state index contributed by atoms with van der Waals surface area (Å²) in [5.41, 5.74) is 1.64. The number of phenolic OH excluding ortho intramolecular Hbond substituents is 1. The first kappa shape index (κ1) is 27.0. The molecule has 2 aromatic carbocycles. The highest BCUT2D eigenvalue weighted by molar-refractivity contribution is 5.75. The van der Waals surface area contributed by atoms with Gasteiger partial charge in [-0.3, -0.25) is 4.79 Å². The van der Waals surface area contributed by atoms with E-state index >= 15 is 0 Å². The van der Waals surface area contributed by atoms with E-state index in [0.717, 1.165) is 11.1 Å². The molecule has 4 rings (SSSR count). The predicted octanol–water partition coefficient (Wildman–Crippen LogP) is 0.163. The highest BCUT2D eigenvalue weighted by Gasteiger charge is 2.45. The number of carbonyl (C=O) groups is 1. The molecule has 2 aliphatic heterocycles. The molecule has 0 amide bonds. The molecule has 0 radical (unpaired) electrons. The van der Waals surface area contributed by atoms with Gasteiger partial charge in [0.05, 0.1) is 33.4 Å². The van der Waals surface area contributed by atoms with E-state index < -0.39 is 43.2 Å². The number of hydrogen-bond acceptors (Lipinski definition) is 11. The van der Waals surface area contributed by atoms with Crippen molar-refractivity contribution in [2.45, 2.75) is 43.5 Å². The third-order valence-electron chi connectivity index (χ3n) is 6.83. The minimum Gasteiger partial charge on any atom is -0.504 e. The zero-order chi connectivity index (χ0) is 26.7.